The lowest BCUT2D eigenvalue weighted by Crippen LogP contribution is -2.37. The van der Waals surface area contributed by atoms with Gasteiger partial charge in [-0.2, -0.15) is 0 Å². The zero-order chi connectivity index (χ0) is 15.7. The average Bonchev–Trinajstić information content (AvgIpc) is 2.47. The van der Waals surface area contributed by atoms with Gasteiger partial charge in [-0.15, -0.1) is 0 Å². The van der Waals surface area contributed by atoms with Crippen molar-refractivity contribution in [1.29, 1.82) is 0 Å². The standard InChI is InChI=1S/C16H23NO4/c1-3-11-17-14(9-10-15(18)19)16(20)12-5-7-13(8-6-12)21-4-2/h5-8,14,17H,3-4,9-11H2,1-2H3,(H,18,19). The molecule has 0 heterocycles. The van der Waals surface area contributed by atoms with E-state index in [-0.39, 0.29) is 12.2 Å². The van der Waals surface area contributed by atoms with Gasteiger partial charge in [-0.3, -0.25) is 9.59 Å². The number of Topliss-reactive ketones (excluding diaryl/α,β-unsaturated/α-hetero) is 1. The molecule has 1 rings (SSSR count). The van der Waals surface area contributed by atoms with Crippen molar-refractivity contribution >= 4 is 11.8 Å². The van der Waals surface area contributed by atoms with Gasteiger partial charge in [-0.25, -0.2) is 0 Å². The number of carboxylic acid groups (broad SMARTS) is 1. The summed E-state index contributed by atoms with van der Waals surface area (Å²) >= 11 is 0. The first-order valence-corrected chi connectivity index (χ1v) is 7.30. The molecular weight excluding hydrogens is 270 g/mol. The summed E-state index contributed by atoms with van der Waals surface area (Å²) in [6.45, 7) is 5.16. The van der Waals surface area contributed by atoms with Crippen LogP contribution in [0.2, 0.25) is 0 Å². The predicted molar refractivity (Wildman–Crippen MR) is 80.9 cm³/mol. The third-order valence-corrected chi connectivity index (χ3v) is 3.05. The quantitative estimate of drug-likeness (QED) is 0.648. The Hall–Kier alpha value is -1.88. The Morgan fingerprint density at radius 2 is 1.90 bits per heavy atom. The summed E-state index contributed by atoms with van der Waals surface area (Å²) in [5.41, 5.74) is 0.567. The lowest BCUT2D eigenvalue weighted by Gasteiger charge is -2.16. The van der Waals surface area contributed by atoms with Crippen LogP contribution in [0.5, 0.6) is 5.75 Å². The molecule has 0 amide bonds. The van der Waals surface area contributed by atoms with Crippen LogP contribution >= 0.6 is 0 Å². The molecule has 0 fully saturated rings. The summed E-state index contributed by atoms with van der Waals surface area (Å²) in [5.74, 6) is -0.247. The Morgan fingerprint density at radius 1 is 1.24 bits per heavy atom. The van der Waals surface area contributed by atoms with Crippen LogP contribution in [-0.2, 0) is 4.79 Å². The fourth-order valence-corrected chi connectivity index (χ4v) is 2.00. The van der Waals surface area contributed by atoms with E-state index in [4.69, 9.17) is 9.84 Å². The maximum absolute atomic E-state index is 12.4. The van der Waals surface area contributed by atoms with E-state index in [0.29, 0.717) is 25.1 Å². The summed E-state index contributed by atoms with van der Waals surface area (Å²) in [7, 11) is 0. The Morgan fingerprint density at radius 3 is 2.43 bits per heavy atom. The molecule has 5 heteroatoms. The van der Waals surface area contributed by atoms with E-state index in [0.717, 1.165) is 12.2 Å². The molecule has 0 spiro atoms. The van der Waals surface area contributed by atoms with Crippen LogP contribution in [0.4, 0.5) is 0 Å². The van der Waals surface area contributed by atoms with Crippen molar-refractivity contribution in [2.45, 2.75) is 39.2 Å². The molecule has 0 aromatic heterocycles. The van der Waals surface area contributed by atoms with E-state index >= 15 is 0 Å². The van der Waals surface area contributed by atoms with Crippen molar-refractivity contribution < 1.29 is 19.4 Å². The minimum atomic E-state index is -0.891. The van der Waals surface area contributed by atoms with Crippen molar-refractivity contribution in [2.75, 3.05) is 13.2 Å². The minimum Gasteiger partial charge on any atom is -0.494 e. The van der Waals surface area contributed by atoms with Gasteiger partial charge in [0.1, 0.15) is 5.75 Å². The van der Waals surface area contributed by atoms with Crippen molar-refractivity contribution in [3.05, 3.63) is 29.8 Å². The Labute approximate surface area is 125 Å². The van der Waals surface area contributed by atoms with Crippen LogP contribution in [0.15, 0.2) is 24.3 Å². The van der Waals surface area contributed by atoms with Gasteiger partial charge in [0, 0.05) is 12.0 Å². The smallest absolute Gasteiger partial charge is 0.303 e. The number of carbonyl (C=O) groups is 2. The van der Waals surface area contributed by atoms with Crippen LogP contribution in [0.1, 0.15) is 43.5 Å². The van der Waals surface area contributed by atoms with Gasteiger partial charge >= 0.3 is 5.97 Å². The zero-order valence-corrected chi connectivity index (χ0v) is 12.6. The molecule has 0 aliphatic carbocycles. The van der Waals surface area contributed by atoms with Gasteiger partial charge in [0.2, 0.25) is 0 Å². The lowest BCUT2D eigenvalue weighted by molar-refractivity contribution is -0.137. The fourth-order valence-electron chi connectivity index (χ4n) is 2.00. The van der Waals surface area contributed by atoms with Crippen LogP contribution in [0.25, 0.3) is 0 Å². The monoisotopic (exact) mass is 293 g/mol. The maximum Gasteiger partial charge on any atom is 0.303 e. The van der Waals surface area contributed by atoms with E-state index in [9.17, 15) is 9.59 Å². The summed E-state index contributed by atoms with van der Waals surface area (Å²) in [6.07, 6.45) is 1.16. The zero-order valence-electron chi connectivity index (χ0n) is 12.6. The molecule has 1 unspecified atom stereocenters. The second-order valence-electron chi connectivity index (χ2n) is 4.76. The van der Waals surface area contributed by atoms with E-state index in [1.807, 2.05) is 13.8 Å². The number of carboxylic acids is 1. The number of ether oxygens (including phenoxy) is 1. The number of nitrogens with one attached hydrogen (secondary N) is 1. The van der Waals surface area contributed by atoms with Gasteiger partial charge in [0.25, 0.3) is 0 Å². The highest BCUT2D eigenvalue weighted by Gasteiger charge is 2.20. The van der Waals surface area contributed by atoms with Crippen LogP contribution in [0, 0.1) is 0 Å². The van der Waals surface area contributed by atoms with E-state index in [1.165, 1.54) is 0 Å². The summed E-state index contributed by atoms with van der Waals surface area (Å²) < 4.78 is 5.34. The van der Waals surface area contributed by atoms with Crippen LogP contribution in [-0.4, -0.2) is 36.1 Å². The molecule has 1 aromatic rings. The molecule has 0 saturated carbocycles. The van der Waals surface area contributed by atoms with Gasteiger partial charge in [-0.1, -0.05) is 6.92 Å². The molecule has 21 heavy (non-hydrogen) atoms. The topological polar surface area (TPSA) is 75.6 Å². The number of benzene rings is 1. The molecule has 1 aromatic carbocycles. The van der Waals surface area contributed by atoms with Crippen molar-refractivity contribution in [3.8, 4) is 5.75 Å². The predicted octanol–water partition coefficient (Wildman–Crippen LogP) is 2.50. The molecule has 1 atom stereocenters. The SMILES string of the molecule is CCCNC(CCC(=O)O)C(=O)c1ccc(OCC)cc1. The van der Waals surface area contributed by atoms with Gasteiger partial charge in [0.05, 0.1) is 12.6 Å². The Balaban J connectivity index is 2.74. The summed E-state index contributed by atoms with van der Waals surface area (Å²) in [4.78, 5) is 23.1. The van der Waals surface area contributed by atoms with Crippen LogP contribution < -0.4 is 10.1 Å². The first-order chi connectivity index (χ1) is 10.1. The second kappa shape index (κ2) is 9.13. The molecule has 116 valence electrons. The maximum atomic E-state index is 12.4. The summed E-state index contributed by atoms with van der Waals surface area (Å²) in [5, 5.41) is 11.9. The number of ketones is 1. The van der Waals surface area contributed by atoms with E-state index in [2.05, 4.69) is 5.32 Å². The minimum absolute atomic E-state index is 0.0237. The fraction of sp³-hybridized carbons (Fsp3) is 0.500. The number of carbonyl (C=O) groups excluding carboxylic acids is 1. The largest absolute Gasteiger partial charge is 0.494 e. The first kappa shape index (κ1) is 17.2. The van der Waals surface area contributed by atoms with Gasteiger partial charge in [-0.05, 0) is 50.6 Å². The van der Waals surface area contributed by atoms with Gasteiger partial charge in [0.15, 0.2) is 5.78 Å². The van der Waals surface area contributed by atoms with E-state index < -0.39 is 12.0 Å². The summed E-state index contributed by atoms with van der Waals surface area (Å²) in [6, 6.07) is 6.48. The van der Waals surface area contributed by atoms with Crippen molar-refractivity contribution in [3.63, 3.8) is 0 Å². The first-order valence-electron chi connectivity index (χ1n) is 7.30. The number of aliphatic carboxylic acids is 1. The molecule has 0 bridgehead atoms. The molecule has 0 saturated heterocycles. The number of rotatable bonds is 10. The van der Waals surface area contributed by atoms with Gasteiger partial charge < -0.3 is 15.2 Å². The molecular formula is C16H23NO4. The second-order valence-corrected chi connectivity index (χ2v) is 4.76. The Kier molecular flexibility index (Phi) is 7.46. The van der Waals surface area contributed by atoms with E-state index in [1.54, 1.807) is 24.3 Å². The van der Waals surface area contributed by atoms with Crippen molar-refractivity contribution in [2.24, 2.45) is 0 Å². The highest BCUT2D eigenvalue weighted by molar-refractivity contribution is 6.00. The Bertz CT molecular complexity index is 456. The van der Waals surface area contributed by atoms with Crippen molar-refractivity contribution in [1.82, 2.24) is 5.32 Å². The lowest BCUT2D eigenvalue weighted by atomic mass is 10.00. The highest BCUT2D eigenvalue weighted by atomic mass is 16.5. The number of hydrogen-bond acceptors (Lipinski definition) is 4. The average molecular weight is 293 g/mol. The van der Waals surface area contributed by atoms with Crippen LogP contribution in [0.3, 0.4) is 0 Å². The molecule has 0 aliphatic rings. The molecule has 2 N–H and O–H groups in total. The third-order valence-electron chi connectivity index (χ3n) is 3.05. The highest BCUT2D eigenvalue weighted by Crippen LogP contribution is 2.15. The number of hydrogen-bond donors (Lipinski definition) is 2. The molecule has 5 nitrogen and oxygen atoms in total. The molecule has 0 aliphatic heterocycles. The normalized spacial score (nSPS) is 11.9. The molecule has 0 radical (unpaired) electrons. The third kappa shape index (κ3) is 5.95.